The fraction of sp³-hybridized carbons (Fsp3) is 0.812. The molecule has 204 valence electrons. The van der Waals surface area contributed by atoms with Gasteiger partial charge in [0.15, 0.2) is 0 Å². The molecule has 1 aromatic rings. The highest BCUT2D eigenvalue weighted by Gasteiger charge is 2.35. The standard InChI is InChI=1S/C32H54N2O2/c1-23(2)21-35-31(25-12-6-5-7-13-25)30-18-11-17-28(34-30)26-14-10-15-27(20-26)32(36-22-24(3)4)29-16-8-9-19-33-29/h10,14-15,20,23-25,28-34H,5-9,11-13,16-19,21-22H2,1-4H3. The molecular weight excluding hydrogens is 444 g/mol. The zero-order valence-electron chi connectivity index (χ0n) is 23.6. The smallest absolute Gasteiger partial charge is 0.0977 e. The molecule has 1 saturated carbocycles. The predicted molar refractivity (Wildman–Crippen MR) is 150 cm³/mol. The van der Waals surface area contributed by atoms with E-state index in [1.807, 2.05) is 0 Å². The summed E-state index contributed by atoms with van der Waals surface area (Å²) in [7, 11) is 0. The molecule has 5 unspecified atom stereocenters. The molecule has 4 heteroatoms. The van der Waals surface area contributed by atoms with Crippen molar-refractivity contribution in [2.45, 2.75) is 129 Å². The van der Waals surface area contributed by atoms with E-state index in [2.05, 4.69) is 62.6 Å². The highest BCUT2D eigenvalue weighted by atomic mass is 16.5. The van der Waals surface area contributed by atoms with Crippen molar-refractivity contribution in [3.63, 3.8) is 0 Å². The van der Waals surface area contributed by atoms with Crippen LogP contribution in [0.15, 0.2) is 24.3 Å². The van der Waals surface area contributed by atoms with Gasteiger partial charge < -0.3 is 20.1 Å². The van der Waals surface area contributed by atoms with Gasteiger partial charge in [-0.2, -0.15) is 0 Å². The summed E-state index contributed by atoms with van der Waals surface area (Å²) in [5.41, 5.74) is 2.77. The molecule has 0 aromatic heterocycles. The van der Waals surface area contributed by atoms with Gasteiger partial charge in [-0.05, 0) is 80.4 Å². The summed E-state index contributed by atoms with van der Waals surface area (Å²) < 4.78 is 13.2. The number of ether oxygens (including phenoxy) is 2. The maximum Gasteiger partial charge on any atom is 0.0977 e. The number of hydrogen-bond donors (Lipinski definition) is 2. The van der Waals surface area contributed by atoms with Gasteiger partial charge in [0.2, 0.25) is 0 Å². The van der Waals surface area contributed by atoms with Crippen LogP contribution in [0.1, 0.15) is 122 Å². The van der Waals surface area contributed by atoms with Crippen LogP contribution in [0.2, 0.25) is 0 Å². The third kappa shape index (κ3) is 8.03. The Morgan fingerprint density at radius 2 is 1.50 bits per heavy atom. The second kappa shape index (κ2) is 14.3. The van der Waals surface area contributed by atoms with Gasteiger partial charge in [0.1, 0.15) is 0 Å². The van der Waals surface area contributed by atoms with E-state index in [1.54, 1.807) is 0 Å². The van der Waals surface area contributed by atoms with Crippen molar-refractivity contribution in [3.8, 4) is 0 Å². The first-order chi connectivity index (χ1) is 17.5. The third-order valence-corrected chi connectivity index (χ3v) is 8.52. The van der Waals surface area contributed by atoms with Crippen LogP contribution in [0, 0.1) is 17.8 Å². The highest BCUT2D eigenvalue weighted by molar-refractivity contribution is 5.29. The molecule has 2 saturated heterocycles. The lowest BCUT2D eigenvalue weighted by atomic mass is 9.79. The second-order valence-electron chi connectivity index (χ2n) is 12.7. The summed E-state index contributed by atoms with van der Waals surface area (Å²) in [5.74, 6) is 1.84. The van der Waals surface area contributed by atoms with Crippen molar-refractivity contribution in [1.82, 2.24) is 10.6 Å². The van der Waals surface area contributed by atoms with Gasteiger partial charge in [-0.3, -0.25) is 0 Å². The first-order valence-corrected chi connectivity index (χ1v) is 15.3. The molecule has 4 rings (SSSR count). The Bertz CT molecular complexity index is 754. The van der Waals surface area contributed by atoms with Gasteiger partial charge in [-0.25, -0.2) is 0 Å². The van der Waals surface area contributed by atoms with E-state index in [-0.39, 0.29) is 6.10 Å². The molecule has 36 heavy (non-hydrogen) atoms. The van der Waals surface area contributed by atoms with Gasteiger partial charge >= 0.3 is 0 Å². The molecule has 3 fully saturated rings. The first kappa shape index (κ1) is 28.1. The van der Waals surface area contributed by atoms with Crippen LogP contribution in [0.25, 0.3) is 0 Å². The lowest BCUT2D eigenvalue weighted by molar-refractivity contribution is -0.0428. The molecule has 5 atom stereocenters. The van der Waals surface area contributed by atoms with Crippen LogP contribution < -0.4 is 10.6 Å². The van der Waals surface area contributed by atoms with Gasteiger partial charge in [-0.15, -0.1) is 0 Å². The molecule has 2 N–H and O–H groups in total. The van der Waals surface area contributed by atoms with Crippen molar-refractivity contribution in [2.75, 3.05) is 19.8 Å². The van der Waals surface area contributed by atoms with E-state index >= 15 is 0 Å². The van der Waals surface area contributed by atoms with Crippen molar-refractivity contribution in [3.05, 3.63) is 35.4 Å². The number of hydrogen-bond acceptors (Lipinski definition) is 4. The molecule has 0 radical (unpaired) electrons. The Labute approximate surface area is 221 Å². The van der Waals surface area contributed by atoms with Crippen molar-refractivity contribution < 1.29 is 9.47 Å². The quantitative estimate of drug-likeness (QED) is 0.335. The summed E-state index contributed by atoms with van der Waals surface area (Å²) >= 11 is 0. The topological polar surface area (TPSA) is 42.5 Å². The van der Waals surface area contributed by atoms with Crippen LogP contribution in [-0.2, 0) is 9.47 Å². The second-order valence-corrected chi connectivity index (χ2v) is 12.7. The van der Waals surface area contributed by atoms with Gasteiger partial charge in [-0.1, -0.05) is 77.6 Å². The monoisotopic (exact) mass is 498 g/mol. The number of benzene rings is 1. The van der Waals surface area contributed by atoms with E-state index < -0.39 is 0 Å². The van der Waals surface area contributed by atoms with Gasteiger partial charge in [0, 0.05) is 31.3 Å². The minimum absolute atomic E-state index is 0.136. The lowest BCUT2D eigenvalue weighted by Crippen LogP contribution is -2.49. The first-order valence-electron chi connectivity index (χ1n) is 15.3. The molecule has 2 aliphatic heterocycles. The molecule has 1 aromatic carbocycles. The molecule has 0 spiro atoms. The maximum absolute atomic E-state index is 6.67. The normalized spacial score (nSPS) is 27.9. The van der Waals surface area contributed by atoms with Crippen molar-refractivity contribution >= 4 is 0 Å². The summed E-state index contributed by atoms with van der Waals surface area (Å²) in [6.07, 6.45) is 14.8. The Hall–Kier alpha value is -0.940. The maximum atomic E-state index is 6.67. The third-order valence-electron chi connectivity index (χ3n) is 8.52. The summed E-state index contributed by atoms with van der Waals surface area (Å²) in [6, 6.07) is 10.6. The van der Waals surface area contributed by atoms with Crippen LogP contribution in [0.5, 0.6) is 0 Å². The summed E-state index contributed by atoms with van der Waals surface area (Å²) in [5, 5.41) is 7.87. The summed E-state index contributed by atoms with van der Waals surface area (Å²) in [4.78, 5) is 0. The van der Waals surface area contributed by atoms with E-state index in [0.29, 0.717) is 42.0 Å². The highest BCUT2D eigenvalue weighted by Crippen LogP contribution is 2.36. The summed E-state index contributed by atoms with van der Waals surface area (Å²) in [6.45, 7) is 11.8. The van der Waals surface area contributed by atoms with Crippen LogP contribution in [-0.4, -0.2) is 37.9 Å². The van der Waals surface area contributed by atoms with Crippen molar-refractivity contribution in [2.24, 2.45) is 17.8 Å². The van der Waals surface area contributed by atoms with Gasteiger partial charge in [0.05, 0.1) is 12.2 Å². The SMILES string of the molecule is CC(C)COC(c1cccc(C2CCCC(C(OCC(C)C)C3CCCCC3)N2)c1)C1CCCCN1. The fourth-order valence-electron chi connectivity index (χ4n) is 6.67. The van der Waals surface area contributed by atoms with Crippen LogP contribution in [0.4, 0.5) is 0 Å². The Kier molecular flexibility index (Phi) is 11.1. The molecule has 1 aliphatic carbocycles. The fourth-order valence-corrected chi connectivity index (χ4v) is 6.67. The zero-order valence-corrected chi connectivity index (χ0v) is 23.6. The number of piperidine rings is 2. The van der Waals surface area contributed by atoms with Crippen LogP contribution >= 0.6 is 0 Å². The molecule has 2 heterocycles. The predicted octanol–water partition coefficient (Wildman–Crippen LogP) is 7.35. The number of nitrogens with one attached hydrogen (secondary N) is 2. The van der Waals surface area contributed by atoms with Crippen molar-refractivity contribution in [1.29, 1.82) is 0 Å². The average molecular weight is 499 g/mol. The van der Waals surface area contributed by atoms with E-state index in [4.69, 9.17) is 9.47 Å². The molecule has 0 amide bonds. The molecular formula is C32H54N2O2. The number of rotatable bonds is 11. The molecule has 0 bridgehead atoms. The molecule has 3 aliphatic rings. The average Bonchev–Trinajstić information content (AvgIpc) is 2.90. The van der Waals surface area contributed by atoms with E-state index in [0.717, 1.165) is 19.8 Å². The minimum atomic E-state index is 0.136. The molecule has 4 nitrogen and oxygen atoms in total. The zero-order chi connectivity index (χ0) is 25.3. The van der Waals surface area contributed by atoms with E-state index in [1.165, 1.54) is 81.8 Å². The largest absolute Gasteiger partial charge is 0.376 e. The Balaban J connectivity index is 1.49. The Morgan fingerprint density at radius 1 is 0.778 bits per heavy atom. The van der Waals surface area contributed by atoms with Gasteiger partial charge in [0.25, 0.3) is 0 Å². The van der Waals surface area contributed by atoms with Crippen LogP contribution in [0.3, 0.4) is 0 Å². The van der Waals surface area contributed by atoms with E-state index in [9.17, 15) is 0 Å². The Morgan fingerprint density at radius 3 is 2.22 bits per heavy atom. The minimum Gasteiger partial charge on any atom is -0.376 e. The lowest BCUT2D eigenvalue weighted by Gasteiger charge is -2.41.